The Balaban J connectivity index is 1.37. The highest BCUT2D eigenvalue weighted by atomic mass is 16.7. The molecule has 0 radical (unpaired) electrons. The van der Waals surface area contributed by atoms with Crippen molar-refractivity contribution in [1.82, 2.24) is 20.5 Å². The number of hydrogen-bond acceptors (Lipinski definition) is 7. The van der Waals surface area contributed by atoms with Crippen LogP contribution in [0.4, 0.5) is 0 Å². The Labute approximate surface area is 129 Å². The van der Waals surface area contributed by atoms with Gasteiger partial charge in [-0.25, -0.2) is 0 Å². The molecule has 2 aliphatic rings. The molecule has 8 heteroatoms. The number of amides is 1. The van der Waals surface area contributed by atoms with Crippen LogP contribution >= 0.6 is 0 Å². The van der Waals surface area contributed by atoms with Gasteiger partial charge >= 0.3 is 0 Å². The fourth-order valence-electron chi connectivity index (χ4n) is 2.56. The predicted octanol–water partition coefficient (Wildman–Crippen LogP) is 0.955. The Kier molecular flexibility index (Phi) is 5.36. The van der Waals surface area contributed by atoms with Crippen LogP contribution in [0.5, 0.6) is 0 Å². The van der Waals surface area contributed by atoms with E-state index in [2.05, 4.69) is 15.5 Å². The summed E-state index contributed by atoms with van der Waals surface area (Å²) in [7, 11) is 0. The number of aromatic nitrogens is 2. The number of hydrogen-bond donors (Lipinski definition) is 1. The van der Waals surface area contributed by atoms with Crippen molar-refractivity contribution >= 4 is 5.91 Å². The monoisotopic (exact) mass is 310 g/mol. The van der Waals surface area contributed by atoms with E-state index in [4.69, 9.17) is 14.1 Å². The lowest BCUT2D eigenvalue weighted by Crippen LogP contribution is -2.34. The smallest absolute Gasteiger partial charge is 0.255 e. The van der Waals surface area contributed by atoms with Gasteiger partial charge in [0.15, 0.2) is 5.82 Å². The molecule has 0 aliphatic carbocycles. The third-order valence-corrected chi connectivity index (χ3v) is 3.80. The van der Waals surface area contributed by atoms with Gasteiger partial charge in [0.25, 0.3) is 5.89 Å². The van der Waals surface area contributed by atoms with E-state index in [-0.39, 0.29) is 18.6 Å². The molecule has 2 aliphatic heterocycles. The largest absolute Gasteiger partial charge is 0.368 e. The summed E-state index contributed by atoms with van der Waals surface area (Å²) in [6.45, 7) is 3.26. The highest BCUT2D eigenvalue weighted by Gasteiger charge is 2.23. The minimum Gasteiger partial charge on any atom is -0.368 e. The molecule has 1 amide bonds. The highest BCUT2D eigenvalue weighted by molar-refractivity contribution is 5.75. The van der Waals surface area contributed by atoms with Crippen molar-refractivity contribution in [3.05, 3.63) is 11.7 Å². The van der Waals surface area contributed by atoms with Gasteiger partial charge in [0.05, 0.1) is 13.2 Å². The quantitative estimate of drug-likeness (QED) is 0.836. The molecule has 0 aromatic carbocycles. The van der Waals surface area contributed by atoms with Gasteiger partial charge in [-0.3, -0.25) is 9.63 Å². The van der Waals surface area contributed by atoms with Crippen molar-refractivity contribution < 1.29 is 18.9 Å². The predicted molar refractivity (Wildman–Crippen MR) is 75.4 cm³/mol. The molecule has 1 atom stereocenters. The van der Waals surface area contributed by atoms with Crippen molar-refractivity contribution in [2.45, 2.75) is 44.8 Å². The van der Waals surface area contributed by atoms with Crippen LogP contribution in [0.25, 0.3) is 0 Å². The van der Waals surface area contributed by atoms with Crippen LogP contribution in [0.3, 0.4) is 0 Å². The van der Waals surface area contributed by atoms with Gasteiger partial charge in [-0.2, -0.15) is 10.0 Å². The second-order valence-corrected chi connectivity index (χ2v) is 5.55. The first kappa shape index (κ1) is 15.4. The number of nitrogens with one attached hydrogen (secondary N) is 1. The first-order chi connectivity index (χ1) is 10.8. The summed E-state index contributed by atoms with van der Waals surface area (Å²) >= 11 is 0. The Bertz CT molecular complexity index is 481. The first-order valence-electron chi connectivity index (χ1n) is 7.90. The Hall–Kier alpha value is -1.51. The Morgan fingerprint density at radius 2 is 2.27 bits per heavy atom. The normalized spacial score (nSPS) is 22.8. The van der Waals surface area contributed by atoms with E-state index in [1.807, 2.05) is 5.06 Å². The second kappa shape index (κ2) is 7.66. The van der Waals surface area contributed by atoms with Crippen molar-refractivity contribution in [3.8, 4) is 0 Å². The molecule has 0 bridgehead atoms. The van der Waals surface area contributed by atoms with Gasteiger partial charge in [0.1, 0.15) is 6.10 Å². The summed E-state index contributed by atoms with van der Waals surface area (Å²) in [5.74, 6) is 0.939. The molecule has 0 saturated carbocycles. The molecule has 1 N–H and O–H groups in total. The summed E-state index contributed by atoms with van der Waals surface area (Å²) in [4.78, 5) is 21.5. The zero-order chi connectivity index (χ0) is 15.2. The fraction of sp³-hybridized carbons (Fsp3) is 0.786. The molecule has 8 nitrogen and oxygen atoms in total. The van der Waals surface area contributed by atoms with Crippen molar-refractivity contribution in [3.63, 3.8) is 0 Å². The average molecular weight is 310 g/mol. The lowest BCUT2D eigenvalue weighted by Gasteiger charge is -2.25. The summed E-state index contributed by atoms with van der Waals surface area (Å²) in [6, 6.07) is 0. The van der Waals surface area contributed by atoms with Crippen molar-refractivity contribution in [2.24, 2.45) is 0 Å². The molecule has 3 rings (SSSR count). The van der Waals surface area contributed by atoms with Gasteiger partial charge in [-0.1, -0.05) is 5.16 Å². The molecular weight excluding hydrogens is 288 g/mol. The van der Waals surface area contributed by atoms with E-state index in [0.29, 0.717) is 24.7 Å². The minimum atomic E-state index is -0.0896. The van der Waals surface area contributed by atoms with Gasteiger partial charge in [0.2, 0.25) is 5.91 Å². The number of carbonyl (C=O) groups is 1. The lowest BCUT2D eigenvalue weighted by molar-refractivity contribution is -0.181. The zero-order valence-electron chi connectivity index (χ0n) is 12.6. The summed E-state index contributed by atoms with van der Waals surface area (Å²) < 4.78 is 10.7. The second-order valence-electron chi connectivity index (χ2n) is 5.55. The SMILES string of the molecule is O=C(CCN1CCCCO1)NCc1noc([C@@H]2CCCO2)n1. The topological polar surface area (TPSA) is 89.7 Å². The van der Waals surface area contributed by atoms with Crippen LogP contribution in [0.1, 0.15) is 49.9 Å². The number of rotatable bonds is 6. The molecule has 2 saturated heterocycles. The standard InChI is InChI=1S/C14H22N4O4/c19-13(5-7-18-6-1-2-9-21-18)15-10-12-16-14(22-17-12)11-4-3-8-20-11/h11H,1-10H2,(H,15,19)/t11-/m0/s1. The van der Waals surface area contributed by atoms with Crippen molar-refractivity contribution in [1.29, 1.82) is 0 Å². The number of hydroxylamine groups is 2. The maximum atomic E-state index is 11.8. The van der Waals surface area contributed by atoms with Gasteiger partial charge in [0, 0.05) is 26.1 Å². The van der Waals surface area contributed by atoms with Crippen LogP contribution < -0.4 is 5.32 Å². The Morgan fingerprint density at radius 1 is 1.32 bits per heavy atom. The van der Waals surface area contributed by atoms with E-state index >= 15 is 0 Å². The van der Waals surface area contributed by atoms with E-state index < -0.39 is 0 Å². The maximum Gasteiger partial charge on any atom is 0.255 e. The van der Waals surface area contributed by atoms with Crippen LogP contribution in [0.15, 0.2) is 4.52 Å². The van der Waals surface area contributed by atoms with Crippen LogP contribution in [-0.2, 0) is 20.9 Å². The fourth-order valence-corrected chi connectivity index (χ4v) is 2.56. The van der Waals surface area contributed by atoms with E-state index in [0.717, 1.165) is 45.4 Å². The molecular formula is C14H22N4O4. The van der Waals surface area contributed by atoms with Crippen LogP contribution in [-0.4, -0.2) is 47.4 Å². The van der Waals surface area contributed by atoms with E-state index in [1.54, 1.807) is 0 Å². The molecule has 1 aromatic heterocycles. The number of ether oxygens (including phenoxy) is 1. The average Bonchev–Trinajstić information content (AvgIpc) is 3.22. The summed E-state index contributed by atoms with van der Waals surface area (Å²) in [5, 5.41) is 8.52. The third-order valence-electron chi connectivity index (χ3n) is 3.80. The van der Waals surface area contributed by atoms with E-state index in [1.165, 1.54) is 0 Å². The zero-order valence-corrected chi connectivity index (χ0v) is 12.6. The van der Waals surface area contributed by atoms with Gasteiger partial charge < -0.3 is 14.6 Å². The molecule has 122 valence electrons. The first-order valence-corrected chi connectivity index (χ1v) is 7.90. The molecule has 2 fully saturated rings. The maximum absolute atomic E-state index is 11.8. The minimum absolute atomic E-state index is 0.0439. The Morgan fingerprint density at radius 3 is 3.05 bits per heavy atom. The summed E-state index contributed by atoms with van der Waals surface area (Å²) in [6.07, 6.45) is 4.44. The number of nitrogens with zero attached hydrogens (tertiary/aromatic N) is 3. The molecule has 1 aromatic rings. The molecule has 0 spiro atoms. The third kappa shape index (κ3) is 4.25. The molecule has 0 unspecified atom stereocenters. The molecule has 22 heavy (non-hydrogen) atoms. The lowest BCUT2D eigenvalue weighted by atomic mass is 10.2. The summed E-state index contributed by atoms with van der Waals surface area (Å²) in [5.41, 5.74) is 0. The number of carbonyl (C=O) groups excluding carboxylic acids is 1. The van der Waals surface area contributed by atoms with Gasteiger partial charge in [-0.15, -0.1) is 0 Å². The van der Waals surface area contributed by atoms with Crippen LogP contribution in [0, 0.1) is 0 Å². The van der Waals surface area contributed by atoms with Crippen molar-refractivity contribution in [2.75, 3.05) is 26.3 Å². The van der Waals surface area contributed by atoms with Crippen LogP contribution in [0.2, 0.25) is 0 Å². The van der Waals surface area contributed by atoms with E-state index in [9.17, 15) is 4.79 Å². The molecule has 3 heterocycles. The highest BCUT2D eigenvalue weighted by Crippen LogP contribution is 2.26. The van der Waals surface area contributed by atoms with Gasteiger partial charge in [-0.05, 0) is 25.7 Å².